The molecule has 0 aliphatic rings. The molecular formula is C12H20N2O3. The lowest BCUT2D eigenvalue weighted by Gasteiger charge is -2.17. The molecule has 1 heterocycles. The van der Waals surface area contributed by atoms with Crippen molar-refractivity contribution in [3.05, 3.63) is 17.3 Å². The molecule has 5 heteroatoms. The van der Waals surface area contributed by atoms with Crippen LogP contribution in [0.15, 0.2) is 4.42 Å². The fourth-order valence-corrected chi connectivity index (χ4v) is 1.50. The Labute approximate surface area is 102 Å². The minimum absolute atomic E-state index is 0.191. The van der Waals surface area contributed by atoms with Gasteiger partial charge < -0.3 is 9.15 Å². The maximum absolute atomic E-state index is 11.1. The van der Waals surface area contributed by atoms with E-state index in [1.165, 1.54) is 7.11 Å². The lowest BCUT2D eigenvalue weighted by molar-refractivity contribution is -0.141. The van der Waals surface area contributed by atoms with Gasteiger partial charge in [-0.3, -0.25) is 9.69 Å². The van der Waals surface area contributed by atoms with Gasteiger partial charge in [-0.25, -0.2) is 4.98 Å². The predicted molar refractivity (Wildman–Crippen MR) is 63.6 cm³/mol. The van der Waals surface area contributed by atoms with E-state index in [2.05, 4.69) is 14.6 Å². The Hall–Kier alpha value is -1.36. The van der Waals surface area contributed by atoms with Crippen molar-refractivity contribution in [2.45, 2.75) is 33.7 Å². The van der Waals surface area contributed by atoms with Crippen LogP contribution in [0.1, 0.15) is 30.7 Å². The molecule has 0 fully saturated rings. The van der Waals surface area contributed by atoms with E-state index in [1.807, 2.05) is 20.8 Å². The largest absolute Gasteiger partial charge is 0.469 e. The van der Waals surface area contributed by atoms with Crippen LogP contribution >= 0.6 is 0 Å². The Morgan fingerprint density at radius 2 is 2.18 bits per heavy atom. The van der Waals surface area contributed by atoms with Crippen LogP contribution in [0.3, 0.4) is 0 Å². The number of aromatic nitrogens is 1. The molecule has 17 heavy (non-hydrogen) atoms. The van der Waals surface area contributed by atoms with Crippen molar-refractivity contribution in [3.63, 3.8) is 0 Å². The summed E-state index contributed by atoms with van der Waals surface area (Å²) < 4.78 is 10.1. The van der Waals surface area contributed by atoms with Crippen molar-refractivity contribution in [3.8, 4) is 0 Å². The van der Waals surface area contributed by atoms with Gasteiger partial charge in [0.1, 0.15) is 5.76 Å². The zero-order chi connectivity index (χ0) is 12.8. The molecule has 0 N–H and O–H groups in total. The molecule has 0 radical (unpaired) electrons. The molecule has 5 nitrogen and oxygen atoms in total. The standard InChI is InChI=1S/C12H20N2O3/c1-5-14(7-6-12(15)16-4)8-11-13-9(2)10(3)17-11/h5-8H2,1-4H3. The van der Waals surface area contributed by atoms with Crippen LogP contribution in [0.5, 0.6) is 0 Å². The average molecular weight is 240 g/mol. The summed E-state index contributed by atoms with van der Waals surface area (Å²) in [5, 5.41) is 0. The number of nitrogens with zero attached hydrogens (tertiary/aromatic N) is 2. The number of methoxy groups -OCH3 is 1. The minimum Gasteiger partial charge on any atom is -0.469 e. The fourth-order valence-electron chi connectivity index (χ4n) is 1.50. The molecule has 0 saturated heterocycles. The SMILES string of the molecule is CCN(CCC(=O)OC)Cc1nc(C)c(C)o1. The van der Waals surface area contributed by atoms with Crippen molar-refractivity contribution >= 4 is 5.97 Å². The number of oxazole rings is 1. The third kappa shape index (κ3) is 4.19. The second kappa shape index (κ2) is 6.39. The second-order valence-corrected chi connectivity index (χ2v) is 3.94. The maximum atomic E-state index is 11.1. The van der Waals surface area contributed by atoms with Gasteiger partial charge in [0.05, 0.1) is 25.8 Å². The first kappa shape index (κ1) is 13.7. The van der Waals surface area contributed by atoms with Crippen LogP contribution in [-0.4, -0.2) is 36.1 Å². The fraction of sp³-hybridized carbons (Fsp3) is 0.667. The zero-order valence-corrected chi connectivity index (χ0v) is 10.9. The van der Waals surface area contributed by atoms with Gasteiger partial charge in [-0.15, -0.1) is 0 Å². The monoisotopic (exact) mass is 240 g/mol. The maximum Gasteiger partial charge on any atom is 0.306 e. The summed E-state index contributed by atoms with van der Waals surface area (Å²) in [5.41, 5.74) is 0.920. The van der Waals surface area contributed by atoms with Crippen LogP contribution in [0.25, 0.3) is 0 Å². The van der Waals surface area contributed by atoms with E-state index in [9.17, 15) is 4.79 Å². The van der Waals surface area contributed by atoms with E-state index in [0.29, 0.717) is 25.4 Å². The van der Waals surface area contributed by atoms with E-state index in [4.69, 9.17) is 4.42 Å². The summed E-state index contributed by atoms with van der Waals surface area (Å²) in [4.78, 5) is 17.5. The number of carbonyl (C=O) groups excluding carboxylic acids is 1. The van der Waals surface area contributed by atoms with Gasteiger partial charge in [0, 0.05) is 6.54 Å². The van der Waals surface area contributed by atoms with Crippen molar-refractivity contribution < 1.29 is 13.9 Å². The van der Waals surface area contributed by atoms with Gasteiger partial charge in [-0.1, -0.05) is 6.92 Å². The topological polar surface area (TPSA) is 55.6 Å². The van der Waals surface area contributed by atoms with Gasteiger partial charge in [-0.05, 0) is 20.4 Å². The van der Waals surface area contributed by atoms with E-state index in [-0.39, 0.29) is 5.97 Å². The molecule has 0 unspecified atom stereocenters. The molecule has 1 aromatic heterocycles. The van der Waals surface area contributed by atoms with Gasteiger partial charge in [-0.2, -0.15) is 0 Å². The number of esters is 1. The molecule has 1 rings (SSSR count). The number of carbonyl (C=O) groups is 1. The Morgan fingerprint density at radius 1 is 1.47 bits per heavy atom. The minimum atomic E-state index is -0.191. The highest BCUT2D eigenvalue weighted by Gasteiger charge is 2.11. The molecule has 0 amide bonds. The van der Waals surface area contributed by atoms with Gasteiger partial charge in [0.2, 0.25) is 5.89 Å². The van der Waals surface area contributed by atoms with Gasteiger partial charge >= 0.3 is 5.97 Å². The molecule has 0 aliphatic heterocycles. The highest BCUT2D eigenvalue weighted by Crippen LogP contribution is 2.10. The van der Waals surface area contributed by atoms with E-state index < -0.39 is 0 Å². The first-order valence-corrected chi connectivity index (χ1v) is 5.78. The molecule has 0 bridgehead atoms. The number of aryl methyl sites for hydroxylation is 2. The lowest BCUT2D eigenvalue weighted by atomic mass is 10.3. The lowest BCUT2D eigenvalue weighted by Crippen LogP contribution is -2.26. The van der Waals surface area contributed by atoms with Crippen LogP contribution in [0.4, 0.5) is 0 Å². The van der Waals surface area contributed by atoms with Crippen molar-refractivity contribution in [2.24, 2.45) is 0 Å². The third-order valence-corrected chi connectivity index (χ3v) is 2.74. The highest BCUT2D eigenvalue weighted by molar-refractivity contribution is 5.69. The molecule has 96 valence electrons. The zero-order valence-electron chi connectivity index (χ0n) is 10.9. The van der Waals surface area contributed by atoms with Crippen molar-refractivity contribution in [2.75, 3.05) is 20.2 Å². The van der Waals surface area contributed by atoms with Crippen LogP contribution in [0.2, 0.25) is 0 Å². The van der Waals surface area contributed by atoms with Gasteiger partial charge in [0.25, 0.3) is 0 Å². The number of rotatable bonds is 6. The van der Waals surface area contributed by atoms with E-state index in [0.717, 1.165) is 18.0 Å². The number of hydrogen-bond acceptors (Lipinski definition) is 5. The first-order chi connectivity index (χ1) is 8.06. The number of ether oxygens (including phenoxy) is 1. The third-order valence-electron chi connectivity index (χ3n) is 2.74. The summed E-state index contributed by atoms with van der Waals surface area (Å²) in [6.45, 7) is 7.99. The Balaban J connectivity index is 2.49. The molecule has 0 aromatic carbocycles. The van der Waals surface area contributed by atoms with E-state index >= 15 is 0 Å². The average Bonchev–Trinajstić information content (AvgIpc) is 2.63. The predicted octanol–water partition coefficient (Wildman–Crippen LogP) is 1.68. The Kier molecular flexibility index (Phi) is 5.15. The summed E-state index contributed by atoms with van der Waals surface area (Å²) >= 11 is 0. The molecule has 0 saturated carbocycles. The molecular weight excluding hydrogens is 220 g/mol. The summed E-state index contributed by atoms with van der Waals surface area (Å²) in [6.07, 6.45) is 0.392. The Bertz CT molecular complexity index is 354. The molecule has 0 atom stereocenters. The molecule has 0 spiro atoms. The smallest absolute Gasteiger partial charge is 0.306 e. The van der Waals surface area contributed by atoms with Crippen molar-refractivity contribution in [1.82, 2.24) is 9.88 Å². The van der Waals surface area contributed by atoms with Crippen molar-refractivity contribution in [1.29, 1.82) is 0 Å². The van der Waals surface area contributed by atoms with Gasteiger partial charge in [0.15, 0.2) is 0 Å². The Morgan fingerprint density at radius 3 is 2.65 bits per heavy atom. The van der Waals surface area contributed by atoms with Crippen LogP contribution < -0.4 is 0 Å². The summed E-state index contributed by atoms with van der Waals surface area (Å²) in [5.74, 6) is 1.36. The summed E-state index contributed by atoms with van der Waals surface area (Å²) in [6, 6.07) is 0. The molecule has 0 aliphatic carbocycles. The quantitative estimate of drug-likeness (QED) is 0.708. The second-order valence-electron chi connectivity index (χ2n) is 3.94. The van der Waals surface area contributed by atoms with Crippen LogP contribution in [0, 0.1) is 13.8 Å². The van der Waals surface area contributed by atoms with Crippen LogP contribution in [-0.2, 0) is 16.1 Å². The summed E-state index contributed by atoms with van der Waals surface area (Å²) in [7, 11) is 1.40. The number of hydrogen-bond donors (Lipinski definition) is 0. The normalized spacial score (nSPS) is 10.9. The first-order valence-electron chi connectivity index (χ1n) is 5.78. The van der Waals surface area contributed by atoms with E-state index in [1.54, 1.807) is 0 Å². The molecule has 1 aromatic rings. The highest BCUT2D eigenvalue weighted by atomic mass is 16.5.